The van der Waals surface area contributed by atoms with Crippen molar-refractivity contribution in [2.75, 3.05) is 0 Å². The molecular formula is C10H9BrN2. The van der Waals surface area contributed by atoms with Crippen LogP contribution in [0.25, 0.3) is 0 Å². The smallest absolute Gasteiger partial charge is 0.124 e. The molecule has 1 atom stereocenters. The fourth-order valence-electron chi connectivity index (χ4n) is 1.20. The number of benzene rings is 1. The van der Waals surface area contributed by atoms with E-state index in [1.54, 1.807) is 6.20 Å². The molecule has 1 aromatic heterocycles. The Bertz CT molecular complexity index is 356. The van der Waals surface area contributed by atoms with E-state index < -0.39 is 0 Å². The van der Waals surface area contributed by atoms with Gasteiger partial charge in [0.15, 0.2) is 0 Å². The van der Waals surface area contributed by atoms with Crippen LogP contribution in [0.3, 0.4) is 0 Å². The van der Waals surface area contributed by atoms with Crippen LogP contribution in [0.15, 0.2) is 42.7 Å². The topological polar surface area (TPSA) is 28.7 Å². The Hall–Kier alpha value is -1.09. The van der Waals surface area contributed by atoms with Gasteiger partial charge >= 0.3 is 0 Å². The zero-order chi connectivity index (χ0) is 9.10. The molecule has 0 spiro atoms. The van der Waals surface area contributed by atoms with E-state index in [1.165, 1.54) is 5.56 Å². The number of hydrogen-bond acceptors (Lipinski definition) is 1. The fraction of sp³-hybridized carbons (Fsp3) is 0.100. The number of alkyl halides is 1. The molecule has 0 saturated carbocycles. The zero-order valence-electron chi connectivity index (χ0n) is 6.94. The summed E-state index contributed by atoms with van der Waals surface area (Å²) in [5, 5.41) is 0. The first-order valence-electron chi connectivity index (χ1n) is 4.06. The zero-order valence-corrected chi connectivity index (χ0v) is 8.53. The van der Waals surface area contributed by atoms with Gasteiger partial charge in [-0.15, -0.1) is 0 Å². The summed E-state index contributed by atoms with van der Waals surface area (Å²) in [6, 6.07) is 10.2. The number of aromatic nitrogens is 2. The number of nitrogens with one attached hydrogen (secondary N) is 1. The standard InChI is InChI=1S/C10H9BrN2/c11-9(10-12-6-7-13-10)8-4-2-1-3-5-8/h1-7,9H,(H,12,13). The van der Waals surface area contributed by atoms with Crippen molar-refractivity contribution in [3.63, 3.8) is 0 Å². The molecule has 0 amide bonds. The summed E-state index contributed by atoms with van der Waals surface area (Å²) < 4.78 is 0. The summed E-state index contributed by atoms with van der Waals surface area (Å²) in [6.07, 6.45) is 3.58. The third-order valence-electron chi connectivity index (χ3n) is 1.85. The molecule has 0 aliphatic heterocycles. The highest BCUT2D eigenvalue weighted by Gasteiger charge is 2.10. The second kappa shape index (κ2) is 3.75. The van der Waals surface area contributed by atoms with Crippen molar-refractivity contribution in [3.8, 4) is 0 Å². The molecule has 2 aromatic rings. The summed E-state index contributed by atoms with van der Waals surface area (Å²) in [7, 11) is 0. The lowest BCUT2D eigenvalue weighted by Crippen LogP contribution is -1.94. The normalized spacial score (nSPS) is 12.7. The van der Waals surface area contributed by atoms with E-state index in [0.29, 0.717) is 0 Å². The van der Waals surface area contributed by atoms with Crippen LogP contribution in [0.1, 0.15) is 16.2 Å². The van der Waals surface area contributed by atoms with Crippen LogP contribution in [0, 0.1) is 0 Å². The molecule has 1 aromatic carbocycles. The Morgan fingerprint density at radius 2 is 2.00 bits per heavy atom. The van der Waals surface area contributed by atoms with Crippen LogP contribution in [-0.2, 0) is 0 Å². The Morgan fingerprint density at radius 3 is 2.62 bits per heavy atom. The predicted octanol–water partition coefficient (Wildman–Crippen LogP) is 2.89. The molecule has 66 valence electrons. The maximum atomic E-state index is 4.19. The van der Waals surface area contributed by atoms with Crippen molar-refractivity contribution in [2.24, 2.45) is 0 Å². The number of nitrogens with zero attached hydrogens (tertiary/aromatic N) is 1. The van der Waals surface area contributed by atoms with Gasteiger partial charge in [0.05, 0.1) is 4.83 Å². The largest absolute Gasteiger partial charge is 0.347 e. The maximum Gasteiger partial charge on any atom is 0.124 e. The molecule has 0 bridgehead atoms. The first kappa shape index (κ1) is 8.51. The molecule has 2 nitrogen and oxygen atoms in total. The Kier molecular flexibility index (Phi) is 2.45. The van der Waals surface area contributed by atoms with Gasteiger partial charge in [-0.3, -0.25) is 0 Å². The highest BCUT2D eigenvalue weighted by molar-refractivity contribution is 9.09. The van der Waals surface area contributed by atoms with Crippen LogP contribution in [0.2, 0.25) is 0 Å². The van der Waals surface area contributed by atoms with Crippen LogP contribution < -0.4 is 0 Å². The summed E-state index contributed by atoms with van der Waals surface area (Å²) in [5.41, 5.74) is 1.21. The van der Waals surface area contributed by atoms with Gasteiger partial charge in [0.2, 0.25) is 0 Å². The third-order valence-corrected chi connectivity index (χ3v) is 2.81. The molecule has 0 radical (unpaired) electrons. The van der Waals surface area contributed by atoms with Crippen LogP contribution in [-0.4, -0.2) is 9.97 Å². The number of H-pyrrole nitrogens is 1. The Morgan fingerprint density at radius 1 is 1.23 bits per heavy atom. The lowest BCUT2D eigenvalue weighted by molar-refractivity contribution is 1.02. The molecule has 1 unspecified atom stereocenters. The molecule has 1 N–H and O–H groups in total. The average Bonchev–Trinajstić information content (AvgIpc) is 2.71. The second-order valence-electron chi connectivity index (χ2n) is 2.75. The van der Waals surface area contributed by atoms with Gasteiger partial charge < -0.3 is 4.98 Å². The highest BCUT2D eigenvalue weighted by Crippen LogP contribution is 2.27. The van der Waals surface area contributed by atoms with Crippen molar-refractivity contribution in [1.29, 1.82) is 0 Å². The highest BCUT2D eigenvalue weighted by atomic mass is 79.9. The quantitative estimate of drug-likeness (QED) is 0.799. The minimum absolute atomic E-state index is 0.156. The van der Waals surface area contributed by atoms with Gasteiger partial charge in [0.1, 0.15) is 5.82 Å². The molecule has 0 saturated heterocycles. The van der Waals surface area contributed by atoms with Gasteiger partial charge in [-0.2, -0.15) is 0 Å². The van der Waals surface area contributed by atoms with E-state index in [9.17, 15) is 0 Å². The Balaban J connectivity index is 2.29. The molecule has 1 heterocycles. The number of halogens is 1. The minimum atomic E-state index is 0.156. The average molecular weight is 237 g/mol. The van der Waals surface area contributed by atoms with Crippen molar-refractivity contribution in [1.82, 2.24) is 9.97 Å². The number of imidazole rings is 1. The molecule has 2 rings (SSSR count). The number of hydrogen-bond donors (Lipinski definition) is 1. The third kappa shape index (κ3) is 1.80. The first-order chi connectivity index (χ1) is 6.38. The predicted molar refractivity (Wildman–Crippen MR) is 55.8 cm³/mol. The van der Waals surface area contributed by atoms with Crippen molar-refractivity contribution < 1.29 is 0 Å². The Labute approximate surface area is 85.1 Å². The fourth-order valence-corrected chi connectivity index (χ4v) is 1.75. The van der Waals surface area contributed by atoms with Crippen LogP contribution >= 0.6 is 15.9 Å². The number of aromatic amines is 1. The monoisotopic (exact) mass is 236 g/mol. The summed E-state index contributed by atoms with van der Waals surface area (Å²) in [5.74, 6) is 0.936. The van der Waals surface area contributed by atoms with Crippen molar-refractivity contribution >= 4 is 15.9 Å². The SMILES string of the molecule is BrC(c1ccccc1)c1ncc[nH]1. The van der Waals surface area contributed by atoms with Crippen LogP contribution in [0.4, 0.5) is 0 Å². The van der Waals surface area contributed by atoms with E-state index in [-0.39, 0.29) is 4.83 Å². The molecule has 0 aliphatic rings. The molecule has 0 fully saturated rings. The van der Waals surface area contributed by atoms with E-state index in [4.69, 9.17) is 0 Å². The van der Waals surface area contributed by atoms with Gasteiger partial charge in [0, 0.05) is 12.4 Å². The molecular weight excluding hydrogens is 228 g/mol. The van der Waals surface area contributed by atoms with Gasteiger partial charge in [-0.25, -0.2) is 4.98 Å². The second-order valence-corrected chi connectivity index (χ2v) is 3.66. The van der Waals surface area contributed by atoms with Gasteiger partial charge in [-0.05, 0) is 5.56 Å². The lowest BCUT2D eigenvalue weighted by Gasteiger charge is -2.05. The first-order valence-corrected chi connectivity index (χ1v) is 4.98. The summed E-state index contributed by atoms with van der Waals surface area (Å²) in [6.45, 7) is 0. The van der Waals surface area contributed by atoms with Crippen molar-refractivity contribution in [2.45, 2.75) is 4.83 Å². The van der Waals surface area contributed by atoms with E-state index in [0.717, 1.165) is 5.82 Å². The minimum Gasteiger partial charge on any atom is -0.347 e. The van der Waals surface area contributed by atoms with Crippen molar-refractivity contribution in [3.05, 3.63) is 54.1 Å². The summed E-state index contributed by atoms with van der Waals surface area (Å²) in [4.78, 5) is 7.42. The van der Waals surface area contributed by atoms with E-state index >= 15 is 0 Å². The molecule has 0 aliphatic carbocycles. The van der Waals surface area contributed by atoms with E-state index in [2.05, 4.69) is 38.0 Å². The van der Waals surface area contributed by atoms with Gasteiger partial charge in [0.25, 0.3) is 0 Å². The lowest BCUT2D eigenvalue weighted by atomic mass is 10.1. The maximum absolute atomic E-state index is 4.19. The van der Waals surface area contributed by atoms with Gasteiger partial charge in [-0.1, -0.05) is 46.3 Å². The number of rotatable bonds is 2. The van der Waals surface area contributed by atoms with Crippen LogP contribution in [0.5, 0.6) is 0 Å². The molecule has 13 heavy (non-hydrogen) atoms. The van der Waals surface area contributed by atoms with E-state index in [1.807, 2.05) is 24.4 Å². The molecule has 3 heteroatoms. The summed E-state index contributed by atoms with van der Waals surface area (Å²) >= 11 is 3.58.